The van der Waals surface area contributed by atoms with Crippen LogP contribution in [0.4, 0.5) is 21.5 Å². The van der Waals surface area contributed by atoms with E-state index in [-0.39, 0.29) is 0 Å². The quantitative estimate of drug-likeness (QED) is 0.516. The zero-order valence-corrected chi connectivity index (χ0v) is 11.2. The predicted octanol–water partition coefficient (Wildman–Crippen LogP) is 3.22. The van der Waals surface area contributed by atoms with Crippen LogP contribution in [0.5, 0.6) is 0 Å². The summed E-state index contributed by atoms with van der Waals surface area (Å²) >= 11 is 5.70. The van der Waals surface area contributed by atoms with Gasteiger partial charge in [0.15, 0.2) is 0 Å². The van der Waals surface area contributed by atoms with Crippen LogP contribution in [0.25, 0.3) is 0 Å². The summed E-state index contributed by atoms with van der Waals surface area (Å²) < 4.78 is 13.7. The van der Waals surface area contributed by atoms with E-state index in [1.807, 2.05) is 0 Å². The van der Waals surface area contributed by atoms with E-state index >= 15 is 0 Å². The summed E-state index contributed by atoms with van der Waals surface area (Å²) in [6.07, 6.45) is 0. The third-order valence-corrected chi connectivity index (χ3v) is 2.95. The number of halogens is 2. The molecule has 0 atom stereocenters. The maximum atomic E-state index is 13.7. The van der Waals surface area contributed by atoms with Crippen LogP contribution in [0.3, 0.4) is 0 Å². The maximum absolute atomic E-state index is 13.7. The Morgan fingerprint density at radius 2 is 1.86 bits per heavy atom. The Morgan fingerprint density at radius 3 is 2.43 bits per heavy atom. The number of carbonyl (C=O) groups is 1. The molecule has 6 nitrogen and oxygen atoms in total. The van der Waals surface area contributed by atoms with Crippen LogP contribution in [-0.4, -0.2) is 10.8 Å². The van der Waals surface area contributed by atoms with Gasteiger partial charge in [0, 0.05) is 16.8 Å². The SMILES string of the molecule is Nc1c([N+](=O)[O-])ccc(F)c1C(=O)Nc1ccc(Cl)cc1. The van der Waals surface area contributed by atoms with Crippen LogP contribution in [0.1, 0.15) is 10.4 Å². The Morgan fingerprint density at radius 1 is 1.24 bits per heavy atom. The first-order chi connectivity index (χ1) is 9.90. The lowest BCUT2D eigenvalue weighted by atomic mass is 10.1. The zero-order chi connectivity index (χ0) is 15.6. The molecule has 0 aromatic heterocycles. The van der Waals surface area contributed by atoms with Gasteiger partial charge in [0.05, 0.1) is 4.92 Å². The third kappa shape index (κ3) is 3.09. The van der Waals surface area contributed by atoms with Gasteiger partial charge in [-0.3, -0.25) is 14.9 Å². The van der Waals surface area contributed by atoms with Gasteiger partial charge in [-0.05, 0) is 30.3 Å². The van der Waals surface area contributed by atoms with Crippen molar-refractivity contribution in [2.75, 3.05) is 11.1 Å². The number of nitro groups is 1. The lowest BCUT2D eigenvalue weighted by molar-refractivity contribution is -0.384. The highest BCUT2D eigenvalue weighted by molar-refractivity contribution is 6.30. The Balaban J connectivity index is 2.37. The summed E-state index contributed by atoms with van der Waals surface area (Å²) in [6.45, 7) is 0. The van der Waals surface area contributed by atoms with Crippen molar-refractivity contribution in [1.29, 1.82) is 0 Å². The van der Waals surface area contributed by atoms with Crippen LogP contribution in [0, 0.1) is 15.9 Å². The molecule has 0 heterocycles. The molecular formula is C13H9ClFN3O3. The Bertz CT molecular complexity index is 719. The molecule has 2 aromatic rings. The van der Waals surface area contributed by atoms with Crippen LogP contribution in [-0.2, 0) is 0 Å². The number of nitrogens with one attached hydrogen (secondary N) is 1. The molecule has 0 fully saturated rings. The van der Waals surface area contributed by atoms with E-state index < -0.39 is 33.6 Å². The molecule has 0 saturated heterocycles. The number of hydrogen-bond acceptors (Lipinski definition) is 4. The van der Waals surface area contributed by atoms with Gasteiger partial charge in [0.25, 0.3) is 11.6 Å². The molecule has 0 saturated carbocycles. The number of benzene rings is 2. The number of amides is 1. The van der Waals surface area contributed by atoms with Crippen molar-refractivity contribution in [3.8, 4) is 0 Å². The van der Waals surface area contributed by atoms with Gasteiger partial charge in [-0.15, -0.1) is 0 Å². The molecule has 0 spiro atoms. The average Bonchev–Trinajstić information content (AvgIpc) is 2.41. The maximum Gasteiger partial charge on any atom is 0.293 e. The van der Waals surface area contributed by atoms with Crippen molar-refractivity contribution < 1.29 is 14.1 Å². The molecule has 21 heavy (non-hydrogen) atoms. The lowest BCUT2D eigenvalue weighted by Crippen LogP contribution is -2.17. The van der Waals surface area contributed by atoms with Gasteiger partial charge in [0.1, 0.15) is 17.1 Å². The van der Waals surface area contributed by atoms with Crippen LogP contribution >= 0.6 is 11.6 Å². The largest absolute Gasteiger partial charge is 0.392 e. The summed E-state index contributed by atoms with van der Waals surface area (Å²) in [5.41, 5.74) is 4.23. The molecule has 0 unspecified atom stereocenters. The third-order valence-electron chi connectivity index (χ3n) is 2.70. The van der Waals surface area contributed by atoms with Crippen LogP contribution < -0.4 is 11.1 Å². The highest BCUT2D eigenvalue weighted by atomic mass is 35.5. The highest BCUT2D eigenvalue weighted by Crippen LogP contribution is 2.28. The fraction of sp³-hybridized carbons (Fsp3) is 0. The number of nitrogen functional groups attached to an aromatic ring is 1. The molecule has 2 rings (SSSR count). The van der Waals surface area contributed by atoms with Crippen molar-refractivity contribution in [2.45, 2.75) is 0 Å². The normalized spacial score (nSPS) is 10.2. The van der Waals surface area contributed by atoms with Crippen molar-refractivity contribution in [2.24, 2.45) is 0 Å². The zero-order valence-electron chi connectivity index (χ0n) is 10.5. The topological polar surface area (TPSA) is 98.3 Å². The van der Waals surface area contributed by atoms with E-state index in [1.54, 1.807) is 0 Å². The van der Waals surface area contributed by atoms with Crippen molar-refractivity contribution in [3.63, 3.8) is 0 Å². The molecule has 8 heteroatoms. The van der Waals surface area contributed by atoms with Gasteiger partial charge in [-0.1, -0.05) is 11.6 Å². The second-order valence-electron chi connectivity index (χ2n) is 4.07. The number of carbonyl (C=O) groups excluding carboxylic acids is 1. The van der Waals surface area contributed by atoms with Gasteiger partial charge in [-0.25, -0.2) is 4.39 Å². The van der Waals surface area contributed by atoms with Crippen molar-refractivity contribution in [1.82, 2.24) is 0 Å². The van der Waals surface area contributed by atoms with E-state index in [1.165, 1.54) is 24.3 Å². The molecule has 0 aliphatic rings. The van der Waals surface area contributed by atoms with E-state index in [0.717, 1.165) is 12.1 Å². The van der Waals surface area contributed by atoms with Crippen LogP contribution in [0.2, 0.25) is 5.02 Å². The van der Waals surface area contributed by atoms with Gasteiger partial charge in [-0.2, -0.15) is 0 Å². The molecule has 108 valence electrons. The summed E-state index contributed by atoms with van der Waals surface area (Å²) in [5, 5.41) is 13.6. The minimum Gasteiger partial charge on any atom is -0.392 e. The Kier molecular flexibility index (Phi) is 4.04. The number of hydrogen-bond donors (Lipinski definition) is 2. The first-order valence-electron chi connectivity index (χ1n) is 5.69. The fourth-order valence-corrected chi connectivity index (χ4v) is 1.82. The van der Waals surface area contributed by atoms with Crippen LogP contribution in [0.15, 0.2) is 36.4 Å². The summed E-state index contributed by atoms with van der Waals surface area (Å²) in [7, 11) is 0. The second-order valence-corrected chi connectivity index (χ2v) is 4.51. The fourth-order valence-electron chi connectivity index (χ4n) is 1.70. The highest BCUT2D eigenvalue weighted by Gasteiger charge is 2.23. The molecule has 0 bridgehead atoms. The number of nitrogens with zero attached hydrogens (tertiary/aromatic N) is 1. The molecule has 0 radical (unpaired) electrons. The van der Waals surface area contributed by atoms with Gasteiger partial charge < -0.3 is 11.1 Å². The molecule has 1 amide bonds. The molecular weight excluding hydrogens is 301 g/mol. The van der Waals surface area contributed by atoms with Gasteiger partial charge >= 0.3 is 0 Å². The first-order valence-corrected chi connectivity index (χ1v) is 6.07. The number of nitrogens with two attached hydrogens (primary N) is 1. The average molecular weight is 310 g/mol. The van der Waals surface area contributed by atoms with E-state index in [2.05, 4.69) is 5.32 Å². The van der Waals surface area contributed by atoms with E-state index in [9.17, 15) is 19.3 Å². The lowest BCUT2D eigenvalue weighted by Gasteiger charge is -2.09. The van der Waals surface area contributed by atoms with Crippen molar-refractivity contribution >= 4 is 34.6 Å². The van der Waals surface area contributed by atoms with Gasteiger partial charge in [0.2, 0.25) is 0 Å². The molecule has 2 aromatic carbocycles. The van der Waals surface area contributed by atoms with E-state index in [0.29, 0.717) is 10.7 Å². The summed E-state index contributed by atoms with van der Waals surface area (Å²) in [4.78, 5) is 22.0. The Hall–Kier alpha value is -2.67. The van der Waals surface area contributed by atoms with Crippen molar-refractivity contribution in [3.05, 3.63) is 62.9 Å². The molecule has 3 N–H and O–H groups in total. The number of rotatable bonds is 3. The number of anilines is 2. The predicted molar refractivity (Wildman–Crippen MR) is 76.9 cm³/mol. The minimum absolute atomic E-state index is 0.356. The summed E-state index contributed by atoms with van der Waals surface area (Å²) in [6, 6.07) is 7.81. The molecule has 0 aliphatic carbocycles. The standard InChI is InChI=1S/C13H9ClFN3O3/c14-7-1-3-8(4-2-7)17-13(19)11-9(15)5-6-10(12(11)16)18(20)21/h1-6H,16H2,(H,17,19). The second kappa shape index (κ2) is 5.76. The smallest absolute Gasteiger partial charge is 0.293 e. The molecule has 0 aliphatic heterocycles. The first kappa shape index (κ1) is 14.7. The minimum atomic E-state index is -0.940. The number of nitro benzene ring substituents is 1. The van der Waals surface area contributed by atoms with E-state index in [4.69, 9.17) is 17.3 Å². The summed E-state index contributed by atoms with van der Waals surface area (Å²) in [5.74, 6) is -1.82. The Labute approximate surface area is 123 Å². The monoisotopic (exact) mass is 309 g/mol.